The summed E-state index contributed by atoms with van der Waals surface area (Å²) in [4.78, 5) is 11.8. The van der Waals surface area contributed by atoms with Crippen molar-refractivity contribution in [2.45, 2.75) is 6.92 Å². The first-order chi connectivity index (χ1) is 9.48. The molecule has 1 aromatic rings. The lowest BCUT2D eigenvalue weighted by Gasteiger charge is -2.11. The number of sulfone groups is 1. The number of rotatable bonds is 8. The van der Waals surface area contributed by atoms with E-state index in [4.69, 9.17) is 9.47 Å². The molecule has 20 heavy (non-hydrogen) atoms. The van der Waals surface area contributed by atoms with Crippen LogP contribution < -0.4 is 10.1 Å². The lowest BCUT2D eigenvalue weighted by atomic mass is 10.3. The molecule has 1 N–H and O–H groups in total. The van der Waals surface area contributed by atoms with E-state index in [0.717, 1.165) is 0 Å². The van der Waals surface area contributed by atoms with Crippen LogP contribution in [0.1, 0.15) is 6.92 Å². The first kappa shape index (κ1) is 16.5. The Balaban J connectivity index is 2.67. The highest BCUT2D eigenvalue weighted by Crippen LogP contribution is 2.23. The molecule has 0 heterocycles. The van der Waals surface area contributed by atoms with Crippen LogP contribution in [0.3, 0.4) is 0 Å². The van der Waals surface area contributed by atoms with Crippen LogP contribution in [-0.2, 0) is 19.4 Å². The van der Waals surface area contributed by atoms with Gasteiger partial charge < -0.3 is 14.8 Å². The van der Waals surface area contributed by atoms with Crippen molar-refractivity contribution >= 4 is 21.4 Å². The summed E-state index contributed by atoms with van der Waals surface area (Å²) in [5.41, 5.74) is 0.460. The molecule has 112 valence electrons. The molecule has 0 aliphatic carbocycles. The summed E-state index contributed by atoms with van der Waals surface area (Å²) in [6.07, 6.45) is 0. The third kappa shape index (κ3) is 5.58. The average Bonchev–Trinajstić information content (AvgIpc) is 2.38. The number of para-hydroxylation sites is 2. The van der Waals surface area contributed by atoms with E-state index in [2.05, 4.69) is 5.32 Å². The van der Waals surface area contributed by atoms with E-state index < -0.39 is 21.5 Å². The van der Waals surface area contributed by atoms with Gasteiger partial charge in [-0.15, -0.1) is 0 Å². The van der Waals surface area contributed by atoms with Gasteiger partial charge in [-0.3, -0.25) is 4.79 Å². The minimum Gasteiger partial charge on any atom is -0.492 e. The third-order valence-corrected chi connectivity index (χ3v) is 3.90. The van der Waals surface area contributed by atoms with Gasteiger partial charge in [-0.25, -0.2) is 8.42 Å². The van der Waals surface area contributed by atoms with Gasteiger partial charge in [0.15, 0.2) is 9.84 Å². The number of benzene rings is 1. The Morgan fingerprint density at radius 2 is 2.00 bits per heavy atom. The molecule has 0 bridgehead atoms. The van der Waals surface area contributed by atoms with Crippen molar-refractivity contribution in [1.29, 1.82) is 0 Å². The van der Waals surface area contributed by atoms with Crippen LogP contribution in [0.15, 0.2) is 24.3 Å². The maximum Gasteiger partial charge on any atom is 0.239 e. The minimum absolute atomic E-state index is 0.0745. The third-order valence-electron chi connectivity index (χ3n) is 2.41. The Morgan fingerprint density at radius 3 is 2.65 bits per heavy atom. The Morgan fingerprint density at radius 1 is 1.30 bits per heavy atom. The highest BCUT2D eigenvalue weighted by atomic mass is 32.2. The predicted octanol–water partition coefficient (Wildman–Crippen LogP) is 1.08. The summed E-state index contributed by atoms with van der Waals surface area (Å²) in [6.45, 7) is 2.36. The molecular weight excluding hydrogens is 282 g/mol. The van der Waals surface area contributed by atoms with Gasteiger partial charge >= 0.3 is 0 Å². The number of anilines is 1. The second kappa shape index (κ2) is 7.86. The molecule has 0 atom stereocenters. The number of hydrogen-bond acceptors (Lipinski definition) is 5. The average molecular weight is 301 g/mol. The summed E-state index contributed by atoms with van der Waals surface area (Å²) in [6, 6.07) is 6.87. The number of carbonyl (C=O) groups is 1. The molecule has 0 fully saturated rings. The van der Waals surface area contributed by atoms with Gasteiger partial charge in [-0.1, -0.05) is 12.1 Å². The number of hydrogen-bond donors (Lipinski definition) is 1. The fraction of sp³-hybridized carbons (Fsp3) is 0.462. The number of methoxy groups -OCH3 is 1. The van der Waals surface area contributed by atoms with Crippen LogP contribution in [0.4, 0.5) is 5.69 Å². The second-order valence-electron chi connectivity index (χ2n) is 4.06. The SMILES string of the molecule is CCOc1ccccc1NC(=O)CS(=O)(=O)CCOC. The largest absolute Gasteiger partial charge is 0.492 e. The molecule has 0 saturated heterocycles. The molecule has 1 rings (SSSR count). The Bertz CT molecular complexity index is 541. The molecule has 0 spiro atoms. The first-order valence-electron chi connectivity index (χ1n) is 6.19. The fourth-order valence-corrected chi connectivity index (χ4v) is 2.56. The Labute approximate surface area is 119 Å². The molecule has 1 amide bonds. The van der Waals surface area contributed by atoms with E-state index in [1.165, 1.54) is 7.11 Å². The predicted molar refractivity (Wildman–Crippen MR) is 76.8 cm³/mol. The van der Waals surface area contributed by atoms with Crippen molar-refractivity contribution in [3.63, 3.8) is 0 Å². The van der Waals surface area contributed by atoms with Crippen LogP contribution in [0.25, 0.3) is 0 Å². The van der Waals surface area contributed by atoms with Gasteiger partial charge in [-0.05, 0) is 19.1 Å². The topological polar surface area (TPSA) is 81.7 Å². The smallest absolute Gasteiger partial charge is 0.239 e. The fourth-order valence-electron chi connectivity index (χ4n) is 1.52. The lowest BCUT2D eigenvalue weighted by Crippen LogP contribution is -2.26. The van der Waals surface area contributed by atoms with Gasteiger partial charge in [0.1, 0.15) is 11.5 Å². The molecule has 0 saturated carbocycles. The molecule has 0 aromatic heterocycles. The van der Waals surface area contributed by atoms with Crippen molar-refractivity contribution < 1.29 is 22.7 Å². The summed E-state index contributed by atoms with van der Waals surface area (Å²) in [7, 11) is -2.06. The molecule has 7 heteroatoms. The Kier molecular flexibility index (Phi) is 6.47. The molecule has 0 radical (unpaired) electrons. The minimum atomic E-state index is -3.47. The monoisotopic (exact) mass is 301 g/mol. The van der Waals surface area contributed by atoms with Crippen molar-refractivity contribution in [2.75, 3.05) is 37.1 Å². The summed E-state index contributed by atoms with van der Waals surface area (Å²) >= 11 is 0. The van der Waals surface area contributed by atoms with E-state index in [1.54, 1.807) is 24.3 Å². The standard InChI is InChI=1S/C13H19NO5S/c1-3-19-12-7-5-4-6-11(12)14-13(15)10-20(16,17)9-8-18-2/h4-7H,3,8-10H2,1-2H3,(H,14,15). The van der Waals surface area contributed by atoms with Gasteiger partial charge in [-0.2, -0.15) is 0 Å². The van der Waals surface area contributed by atoms with Crippen LogP contribution in [-0.4, -0.2) is 46.2 Å². The van der Waals surface area contributed by atoms with Crippen molar-refractivity contribution in [3.05, 3.63) is 24.3 Å². The normalized spacial score (nSPS) is 11.1. The molecule has 1 aromatic carbocycles. The molecule has 0 aliphatic rings. The molecule has 0 unspecified atom stereocenters. The van der Waals surface area contributed by atoms with Crippen molar-refractivity contribution in [1.82, 2.24) is 0 Å². The summed E-state index contributed by atoms with van der Waals surface area (Å²) < 4.78 is 33.3. The first-order valence-corrected chi connectivity index (χ1v) is 8.01. The zero-order valence-corrected chi connectivity index (χ0v) is 12.4. The van der Waals surface area contributed by atoms with Crippen molar-refractivity contribution in [2.24, 2.45) is 0 Å². The molecular formula is C13H19NO5S. The van der Waals surface area contributed by atoms with Gasteiger partial charge in [0.2, 0.25) is 5.91 Å². The molecule has 0 aliphatic heterocycles. The summed E-state index contributed by atoms with van der Waals surface area (Å²) in [5.74, 6) is -0.827. The van der Waals surface area contributed by atoms with Gasteiger partial charge in [0.05, 0.1) is 24.7 Å². The van der Waals surface area contributed by atoms with Gasteiger partial charge in [0, 0.05) is 7.11 Å². The van der Waals surface area contributed by atoms with Crippen LogP contribution >= 0.6 is 0 Å². The van der Waals surface area contributed by atoms with Crippen LogP contribution in [0.2, 0.25) is 0 Å². The Hall–Kier alpha value is -1.60. The van der Waals surface area contributed by atoms with E-state index >= 15 is 0 Å². The zero-order chi connectivity index (χ0) is 15.0. The highest BCUT2D eigenvalue weighted by molar-refractivity contribution is 7.92. The maximum atomic E-state index is 11.8. The number of ether oxygens (including phenoxy) is 2. The zero-order valence-electron chi connectivity index (χ0n) is 11.6. The van der Waals surface area contributed by atoms with E-state index in [9.17, 15) is 13.2 Å². The number of nitrogens with one attached hydrogen (secondary N) is 1. The highest BCUT2D eigenvalue weighted by Gasteiger charge is 2.17. The van der Waals surface area contributed by atoms with Crippen LogP contribution in [0, 0.1) is 0 Å². The second-order valence-corrected chi connectivity index (χ2v) is 6.25. The lowest BCUT2D eigenvalue weighted by molar-refractivity contribution is -0.113. The van der Waals surface area contributed by atoms with E-state index in [-0.39, 0.29) is 12.4 Å². The maximum absolute atomic E-state index is 11.8. The van der Waals surface area contributed by atoms with Crippen LogP contribution in [0.5, 0.6) is 5.75 Å². The quantitative estimate of drug-likeness (QED) is 0.777. The van der Waals surface area contributed by atoms with Gasteiger partial charge in [0.25, 0.3) is 0 Å². The number of carbonyl (C=O) groups excluding carboxylic acids is 1. The van der Waals surface area contributed by atoms with E-state index in [1.807, 2.05) is 6.92 Å². The van der Waals surface area contributed by atoms with E-state index in [0.29, 0.717) is 18.0 Å². The summed E-state index contributed by atoms with van der Waals surface area (Å²) in [5, 5.41) is 2.54. The number of amides is 1. The van der Waals surface area contributed by atoms with Crippen molar-refractivity contribution in [3.8, 4) is 5.75 Å². The molecule has 6 nitrogen and oxygen atoms in total.